The average Bonchev–Trinajstić information content (AvgIpc) is 3.26. The van der Waals surface area contributed by atoms with Crippen LogP contribution in [0.4, 0.5) is 0 Å². The molecular formula is C49H44O10. The van der Waals surface area contributed by atoms with E-state index < -0.39 is 24.1 Å². The van der Waals surface area contributed by atoms with Crippen LogP contribution in [0.2, 0.25) is 0 Å². The second kappa shape index (κ2) is 19.4. The second-order valence-corrected chi connectivity index (χ2v) is 14.2. The molecule has 0 radical (unpaired) electrons. The Labute approximate surface area is 343 Å². The van der Waals surface area contributed by atoms with Gasteiger partial charge in [0.15, 0.2) is 0 Å². The third-order valence-electron chi connectivity index (χ3n) is 9.59. The first-order valence-corrected chi connectivity index (χ1v) is 18.9. The van der Waals surface area contributed by atoms with Crippen molar-refractivity contribution in [3.63, 3.8) is 0 Å². The number of terminal acetylenes is 2. The number of aliphatic hydroxyl groups excluding tert-OH is 2. The Morgan fingerprint density at radius 3 is 1.25 bits per heavy atom. The fraction of sp³-hybridized carbons (Fsp3) is 0.224. The van der Waals surface area contributed by atoms with E-state index in [1.165, 1.54) is 0 Å². The number of benzene rings is 6. The maximum atomic E-state index is 12.7. The molecule has 0 aliphatic carbocycles. The number of esters is 2. The van der Waals surface area contributed by atoms with Crippen LogP contribution >= 0.6 is 0 Å². The Kier molecular flexibility index (Phi) is 13.7. The van der Waals surface area contributed by atoms with Gasteiger partial charge in [0, 0.05) is 5.41 Å². The number of rotatable bonds is 18. The zero-order valence-corrected chi connectivity index (χ0v) is 32.8. The van der Waals surface area contributed by atoms with Crippen molar-refractivity contribution in [2.24, 2.45) is 0 Å². The van der Waals surface area contributed by atoms with Gasteiger partial charge in [-0.3, -0.25) is 0 Å². The fourth-order valence-electron chi connectivity index (χ4n) is 6.22. The van der Waals surface area contributed by atoms with Gasteiger partial charge in [0.25, 0.3) is 0 Å². The maximum absolute atomic E-state index is 12.7. The molecule has 6 rings (SSSR count). The van der Waals surface area contributed by atoms with Gasteiger partial charge in [-0.2, -0.15) is 0 Å². The van der Waals surface area contributed by atoms with Crippen molar-refractivity contribution in [2.45, 2.75) is 31.5 Å². The highest BCUT2D eigenvalue weighted by atomic mass is 16.6. The molecule has 0 aliphatic rings. The smallest absolute Gasteiger partial charge is 0.338 e. The largest absolute Gasteiger partial charge is 0.491 e. The third-order valence-corrected chi connectivity index (χ3v) is 9.59. The van der Waals surface area contributed by atoms with E-state index in [0.717, 1.165) is 32.7 Å². The summed E-state index contributed by atoms with van der Waals surface area (Å²) in [5.74, 6) is 6.15. The summed E-state index contributed by atoms with van der Waals surface area (Å²) in [6, 6.07) is 36.4. The lowest BCUT2D eigenvalue weighted by molar-refractivity contribution is 0.0127. The van der Waals surface area contributed by atoms with E-state index in [9.17, 15) is 19.8 Å². The molecule has 2 N–H and O–H groups in total. The Morgan fingerprint density at radius 2 is 0.864 bits per heavy atom. The highest BCUT2D eigenvalue weighted by Gasteiger charge is 2.23. The number of fused-ring (bicyclic) bond motifs is 2. The Morgan fingerprint density at radius 1 is 0.508 bits per heavy atom. The molecule has 0 saturated heterocycles. The van der Waals surface area contributed by atoms with E-state index in [2.05, 4.69) is 25.7 Å². The SMILES string of the molecule is C#CCOc1ccc2cc(C(=O)OCC(O)COc3ccc(C(C)(C)c4ccc(OCC(O)COC(=O)c5ccc6cc(OCC#C)ccc6c5)cc4)cc3)ccc2c1. The van der Waals surface area contributed by atoms with Crippen molar-refractivity contribution in [1.82, 2.24) is 0 Å². The Bertz CT molecular complexity index is 2300. The van der Waals surface area contributed by atoms with Crippen LogP contribution in [-0.2, 0) is 14.9 Å². The molecule has 0 bridgehead atoms. The minimum atomic E-state index is -1.03. The number of hydrogen-bond acceptors (Lipinski definition) is 10. The molecule has 0 spiro atoms. The zero-order valence-electron chi connectivity index (χ0n) is 32.8. The maximum Gasteiger partial charge on any atom is 0.338 e. The molecule has 6 aromatic carbocycles. The van der Waals surface area contributed by atoms with E-state index in [-0.39, 0.29) is 45.1 Å². The van der Waals surface area contributed by atoms with Crippen molar-refractivity contribution < 1.29 is 48.2 Å². The molecule has 0 amide bonds. The first-order chi connectivity index (χ1) is 28.5. The average molecular weight is 793 g/mol. The number of carbonyl (C=O) groups excluding carboxylic acids is 2. The van der Waals surface area contributed by atoms with E-state index in [0.29, 0.717) is 34.1 Å². The van der Waals surface area contributed by atoms with Crippen molar-refractivity contribution in [2.75, 3.05) is 39.6 Å². The van der Waals surface area contributed by atoms with Gasteiger partial charge in [0.05, 0.1) is 11.1 Å². The minimum Gasteiger partial charge on any atom is -0.491 e. The standard InChI is InChI=1S/C49H44O10/c1-5-23-54-45-17-11-33-25-37(9-7-35(33)27-45)47(52)58-31-41(50)29-56-43-19-13-39(14-20-43)49(3,4)40-15-21-44(22-16-40)57-30-42(51)32-59-48(53)38-10-8-36-28-46(55-24-6-2)18-12-34(36)26-38/h1-2,7-22,25-28,41-42,50-51H,23-24,29-32H2,3-4H3. The van der Waals surface area contributed by atoms with Crippen molar-refractivity contribution in [1.29, 1.82) is 0 Å². The summed E-state index contributed by atoms with van der Waals surface area (Å²) in [6.45, 7) is 3.94. The lowest BCUT2D eigenvalue weighted by Crippen LogP contribution is -2.25. The molecule has 10 nitrogen and oxygen atoms in total. The summed E-state index contributed by atoms with van der Waals surface area (Å²) < 4.78 is 33.2. The van der Waals surface area contributed by atoms with Crippen LogP contribution in [-0.4, -0.2) is 74.0 Å². The van der Waals surface area contributed by atoms with Crippen LogP contribution in [0, 0.1) is 24.7 Å². The Balaban J connectivity index is 0.920. The molecule has 0 aromatic heterocycles. The van der Waals surface area contributed by atoms with Gasteiger partial charge < -0.3 is 38.6 Å². The fourth-order valence-corrected chi connectivity index (χ4v) is 6.22. The summed E-state index contributed by atoms with van der Waals surface area (Å²) in [4.78, 5) is 25.4. The molecule has 0 saturated carbocycles. The van der Waals surface area contributed by atoms with Crippen LogP contribution in [0.1, 0.15) is 45.7 Å². The monoisotopic (exact) mass is 792 g/mol. The molecule has 10 heteroatoms. The highest BCUT2D eigenvalue weighted by molar-refractivity contribution is 5.96. The zero-order chi connectivity index (χ0) is 41.8. The normalized spacial score (nSPS) is 12.1. The number of carbonyl (C=O) groups is 2. The minimum absolute atomic E-state index is 0.0661. The van der Waals surface area contributed by atoms with Crippen LogP contribution in [0.25, 0.3) is 21.5 Å². The van der Waals surface area contributed by atoms with Gasteiger partial charge in [0.1, 0.15) is 74.8 Å². The molecule has 0 fully saturated rings. The lowest BCUT2D eigenvalue weighted by Gasteiger charge is -2.26. The summed E-state index contributed by atoms with van der Waals surface area (Å²) >= 11 is 0. The molecule has 59 heavy (non-hydrogen) atoms. The number of aliphatic hydroxyl groups is 2. The second-order valence-electron chi connectivity index (χ2n) is 14.2. The highest BCUT2D eigenvalue weighted by Crippen LogP contribution is 2.33. The first kappa shape index (κ1) is 41.6. The van der Waals surface area contributed by atoms with E-state index >= 15 is 0 Å². The van der Waals surface area contributed by atoms with Gasteiger partial charge in [-0.25, -0.2) is 9.59 Å². The van der Waals surface area contributed by atoms with E-state index in [4.69, 9.17) is 41.3 Å². The lowest BCUT2D eigenvalue weighted by atomic mass is 9.78. The van der Waals surface area contributed by atoms with Gasteiger partial charge in [-0.05, 0) is 105 Å². The Hall–Kier alpha value is -6.98. The predicted octanol–water partition coefficient (Wildman–Crippen LogP) is 7.54. The molecule has 2 unspecified atom stereocenters. The number of hydrogen-bond donors (Lipinski definition) is 2. The van der Waals surface area contributed by atoms with Gasteiger partial charge in [-0.1, -0.05) is 74.2 Å². The van der Waals surface area contributed by atoms with Gasteiger partial charge in [-0.15, -0.1) is 12.8 Å². The van der Waals surface area contributed by atoms with Crippen LogP contribution < -0.4 is 18.9 Å². The van der Waals surface area contributed by atoms with Crippen LogP contribution in [0.3, 0.4) is 0 Å². The van der Waals surface area contributed by atoms with Crippen molar-refractivity contribution in [3.05, 3.63) is 144 Å². The van der Waals surface area contributed by atoms with Crippen molar-refractivity contribution in [3.8, 4) is 47.7 Å². The van der Waals surface area contributed by atoms with Gasteiger partial charge >= 0.3 is 11.9 Å². The summed E-state index contributed by atoms with van der Waals surface area (Å²) in [5, 5.41) is 24.4. The summed E-state index contributed by atoms with van der Waals surface area (Å²) in [6.07, 6.45) is 8.45. The predicted molar refractivity (Wildman–Crippen MR) is 225 cm³/mol. The summed E-state index contributed by atoms with van der Waals surface area (Å²) in [5.41, 5.74) is 2.41. The quantitative estimate of drug-likeness (QED) is 0.0666. The number of ether oxygens (including phenoxy) is 6. The molecular weight excluding hydrogens is 749 g/mol. The topological polar surface area (TPSA) is 130 Å². The van der Waals surface area contributed by atoms with Gasteiger partial charge in [0.2, 0.25) is 0 Å². The van der Waals surface area contributed by atoms with Crippen LogP contribution in [0.15, 0.2) is 121 Å². The molecule has 6 aromatic rings. The first-order valence-electron chi connectivity index (χ1n) is 18.9. The molecule has 0 heterocycles. The third kappa shape index (κ3) is 11.1. The molecule has 2 atom stereocenters. The van der Waals surface area contributed by atoms with Crippen molar-refractivity contribution >= 4 is 33.5 Å². The molecule has 300 valence electrons. The van der Waals surface area contributed by atoms with E-state index in [1.807, 2.05) is 72.8 Å². The van der Waals surface area contributed by atoms with Crippen LogP contribution in [0.5, 0.6) is 23.0 Å². The van der Waals surface area contributed by atoms with E-state index in [1.54, 1.807) is 48.5 Å². The summed E-state index contributed by atoms with van der Waals surface area (Å²) in [7, 11) is 0. The molecule has 0 aliphatic heterocycles.